The van der Waals surface area contributed by atoms with E-state index in [1.807, 2.05) is 13.8 Å². The van der Waals surface area contributed by atoms with Crippen LogP contribution < -0.4 is 0 Å². The second-order valence-electron chi connectivity index (χ2n) is 4.28. The molecule has 0 aliphatic carbocycles. The lowest BCUT2D eigenvalue weighted by Gasteiger charge is -2.18. The first-order valence-corrected chi connectivity index (χ1v) is 4.90. The summed E-state index contributed by atoms with van der Waals surface area (Å²) in [6.45, 7) is 6.22. The molecule has 1 heterocycles. The molecule has 0 spiro atoms. The molecule has 0 radical (unpaired) electrons. The summed E-state index contributed by atoms with van der Waals surface area (Å²) in [5.74, 6) is 0. The maximum Gasteiger partial charge on any atom is 0.167 e. The van der Waals surface area contributed by atoms with Crippen LogP contribution in [0.5, 0.6) is 0 Å². The topological polar surface area (TPSA) is 26.1 Å². The number of hydrogen-bond acceptors (Lipinski definition) is 1. The summed E-state index contributed by atoms with van der Waals surface area (Å²) < 4.78 is 1.24. The lowest BCUT2D eigenvalue weighted by atomic mass is 10.0. The molecule has 0 N–H and O–H groups in total. The molecule has 0 aromatic rings. The Morgan fingerprint density at radius 3 is 2.58 bits per heavy atom. The molecule has 70 valence electrons. The summed E-state index contributed by atoms with van der Waals surface area (Å²) in [4.78, 5) is 0. The predicted octanol–water partition coefficient (Wildman–Crippen LogP) is 2.70. The predicted molar refractivity (Wildman–Crippen MR) is 51.5 cm³/mol. The van der Waals surface area contributed by atoms with Crippen LogP contribution in [0.3, 0.4) is 0 Å². The Morgan fingerprint density at radius 1 is 1.50 bits per heavy atom. The van der Waals surface area contributed by atoms with E-state index in [1.165, 1.54) is 11.2 Å². The van der Waals surface area contributed by atoms with Gasteiger partial charge in [-0.15, -0.1) is 0 Å². The van der Waals surface area contributed by atoms with Crippen LogP contribution in [0.2, 0.25) is 0 Å². The second-order valence-corrected chi connectivity index (χ2v) is 4.28. The van der Waals surface area contributed by atoms with Crippen LogP contribution in [0, 0.1) is 5.21 Å². The fourth-order valence-corrected chi connectivity index (χ4v) is 1.69. The monoisotopic (exact) mass is 169 g/mol. The average molecular weight is 169 g/mol. The van der Waals surface area contributed by atoms with Crippen LogP contribution >= 0.6 is 0 Å². The zero-order chi connectivity index (χ0) is 9.19. The molecule has 1 aliphatic rings. The van der Waals surface area contributed by atoms with Gasteiger partial charge in [0.05, 0.1) is 0 Å². The van der Waals surface area contributed by atoms with Gasteiger partial charge in [0, 0.05) is 33.1 Å². The Labute approximate surface area is 74.9 Å². The molecule has 0 amide bonds. The van der Waals surface area contributed by atoms with Crippen molar-refractivity contribution in [2.24, 2.45) is 0 Å². The number of hydroxylamine groups is 1. The minimum atomic E-state index is -0.136. The van der Waals surface area contributed by atoms with E-state index in [-0.39, 0.29) is 5.54 Å². The van der Waals surface area contributed by atoms with Crippen LogP contribution in [0.4, 0.5) is 0 Å². The molecule has 0 saturated carbocycles. The summed E-state index contributed by atoms with van der Waals surface area (Å²) in [6, 6.07) is 0. The van der Waals surface area contributed by atoms with Crippen LogP contribution in [0.25, 0.3) is 0 Å². The number of nitrogens with zero attached hydrogens (tertiary/aromatic N) is 1. The standard InChI is InChI=1S/C10H19NO/c1-4-5-6-9-7-8-10(2,3)11(9)12/h4-8H2,1-3H3. The third-order valence-electron chi connectivity index (χ3n) is 2.68. The minimum absolute atomic E-state index is 0.136. The van der Waals surface area contributed by atoms with Gasteiger partial charge in [0.25, 0.3) is 0 Å². The highest BCUT2D eigenvalue weighted by Crippen LogP contribution is 2.25. The van der Waals surface area contributed by atoms with E-state index in [2.05, 4.69) is 6.92 Å². The van der Waals surface area contributed by atoms with Crippen LogP contribution in [0.1, 0.15) is 52.9 Å². The summed E-state index contributed by atoms with van der Waals surface area (Å²) in [7, 11) is 0. The Bertz CT molecular complexity index is 194. The van der Waals surface area contributed by atoms with Crippen molar-refractivity contribution < 1.29 is 4.74 Å². The third kappa shape index (κ3) is 1.79. The highest BCUT2D eigenvalue weighted by molar-refractivity contribution is 5.81. The van der Waals surface area contributed by atoms with Crippen molar-refractivity contribution in [3.05, 3.63) is 5.21 Å². The Balaban J connectivity index is 2.59. The smallest absolute Gasteiger partial charge is 0.167 e. The van der Waals surface area contributed by atoms with Crippen molar-refractivity contribution in [3.63, 3.8) is 0 Å². The maximum atomic E-state index is 11.6. The summed E-state index contributed by atoms with van der Waals surface area (Å²) >= 11 is 0. The normalized spacial score (nSPS) is 21.9. The van der Waals surface area contributed by atoms with E-state index in [9.17, 15) is 5.21 Å². The number of hydrogen-bond donors (Lipinski definition) is 0. The van der Waals surface area contributed by atoms with Crippen molar-refractivity contribution in [2.45, 2.75) is 58.4 Å². The molecular formula is C10H19NO. The molecule has 2 nitrogen and oxygen atoms in total. The molecule has 0 aromatic heterocycles. The lowest BCUT2D eigenvalue weighted by Crippen LogP contribution is -2.29. The second kappa shape index (κ2) is 3.46. The molecule has 0 bridgehead atoms. The molecule has 0 aromatic carbocycles. The van der Waals surface area contributed by atoms with Crippen LogP contribution in [0.15, 0.2) is 0 Å². The number of unbranched alkanes of at least 4 members (excludes halogenated alkanes) is 1. The summed E-state index contributed by atoms with van der Waals surface area (Å²) in [6.07, 6.45) is 5.37. The van der Waals surface area contributed by atoms with Gasteiger partial charge in [-0.2, -0.15) is 0 Å². The molecular weight excluding hydrogens is 150 g/mol. The van der Waals surface area contributed by atoms with Crippen molar-refractivity contribution in [1.82, 2.24) is 0 Å². The fourth-order valence-electron chi connectivity index (χ4n) is 1.69. The molecule has 0 fully saturated rings. The van der Waals surface area contributed by atoms with Crippen molar-refractivity contribution >= 4 is 5.71 Å². The highest BCUT2D eigenvalue weighted by Gasteiger charge is 2.35. The first-order chi connectivity index (χ1) is 5.58. The summed E-state index contributed by atoms with van der Waals surface area (Å²) in [5.41, 5.74) is 0.977. The van der Waals surface area contributed by atoms with Gasteiger partial charge in [0.15, 0.2) is 11.3 Å². The highest BCUT2D eigenvalue weighted by atomic mass is 16.5. The molecule has 1 aliphatic heterocycles. The van der Waals surface area contributed by atoms with Gasteiger partial charge >= 0.3 is 0 Å². The molecule has 0 unspecified atom stereocenters. The van der Waals surface area contributed by atoms with Gasteiger partial charge in [-0.3, -0.25) is 0 Å². The molecule has 2 heteroatoms. The Kier molecular flexibility index (Phi) is 2.76. The van der Waals surface area contributed by atoms with Crippen LogP contribution in [-0.2, 0) is 0 Å². The van der Waals surface area contributed by atoms with E-state index in [4.69, 9.17) is 0 Å². The van der Waals surface area contributed by atoms with Crippen molar-refractivity contribution in [3.8, 4) is 0 Å². The zero-order valence-electron chi connectivity index (χ0n) is 8.39. The Morgan fingerprint density at radius 2 is 2.17 bits per heavy atom. The minimum Gasteiger partial charge on any atom is -0.623 e. The average Bonchev–Trinajstić information content (AvgIpc) is 2.26. The van der Waals surface area contributed by atoms with Gasteiger partial charge < -0.3 is 5.21 Å². The SMILES string of the molecule is CCCCC1=[N+]([O-])C(C)(C)CC1. The molecule has 1 rings (SSSR count). The third-order valence-corrected chi connectivity index (χ3v) is 2.68. The van der Waals surface area contributed by atoms with E-state index in [1.54, 1.807) is 0 Å². The summed E-state index contributed by atoms with van der Waals surface area (Å²) in [5, 5.41) is 11.6. The largest absolute Gasteiger partial charge is 0.623 e. The van der Waals surface area contributed by atoms with Crippen molar-refractivity contribution in [1.29, 1.82) is 0 Å². The molecule has 0 atom stereocenters. The number of rotatable bonds is 3. The maximum absolute atomic E-state index is 11.6. The first kappa shape index (κ1) is 9.56. The quantitative estimate of drug-likeness (QED) is 0.471. The van der Waals surface area contributed by atoms with Crippen molar-refractivity contribution in [2.75, 3.05) is 0 Å². The fraction of sp³-hybridized carbons (Fsp3) is 0.900. The van der Waals surface area contributed by atoms with E-state index >= 15 is 0 Å². The van der Waals surface area contributed by atoms with Gasteiger partial charge in [0.1, 0.15) is 0 Å². The van der Waals surface area contributed by atoms with Gasteiger partial charge in [-0.05, 0) is 6.42 Å². The molecule has 12 heavy (non-hydrogen) atoms. The first-order valence-electron chi connectivity index (χ1n) is 4.90. The van der Waals surface area contributed by atoms with E-state index < -0.39 is 0 Å². The molecule has 0 saturated heterocycles. The van der Waals surface area contributed by atoms with Gasteiger partial charge in [-0.1, -0.05) is 13.3 Å². The lowest BCUT2D eigenvalue weighted by molar-refractivity contribution is -0.532. The van der Waals surface area contributed by atoms with Crippen LogP contribution in [-0.4, -0.2) is 16.0 Å². The van der Waals surface area contributed by atoms with Gasteiger partial charge in [-0.25, -0.2) is 4.74 Å². The zero-order valence-corrected chi connectivity index (χ0v) is 8.39. The van der Waals surface area contributed by atoms with Gasteiger partial charge in [0.2, 0.25) is 0 Å². The van der Waals surface area contributed by atoms with E-state index in [0.29, 0.717) is 0 Å². The van der Waals surface area contributed by atoms with E-state index in [0.717, 1.165) is 31.4 Å². The Hall–Kier alpha value is -0.530.